The van der Waals surface area contributed by atoms with Gasteiger partial charge in [-0.25, -0.2) is 9.89 Å². The van der Waals surface area contributed by atoms with Crippen LogP contribution in [-0.4, -0.2) is 32.7 Å². The van der Waals surface area contributed by atoms with E-state index in [9.17, 15) is 4.79 Å². The van der Waals surface area contributed by atoms with E-state index in [2.05, 4.69) is 47.2 Å². The van der Waals surface area contributed by atoms with Crippen LogP contribution in [-0.2, 0) is 0 Å². The van der Waals surface area contributed by atoms with Gasteiger partial charge in [-0.2, -0.15) is 0 Å². The van der Waals surface area contributed by atoms with Crippen molar-refractivity contribution in [3.63, 3.8) is 0 Å². The number of carbonyl (C=O) groups excluding carboxylic acids is 1. The quantitative estimate of drug-likeness (QED) is 0.779. The molecule has 1 aromatic carbocycles. The monoisotopic (exact) mass is 364 g/mol. The molecule has 1 aliphatic rings. The van der Waals surface area contributed by atoms with Gasteiger partial charge in [-0.15, -0.1) is 5.10 Å². The SMILES string of the molecule is O=C(Nc1ccc(Br)cc1-c1nnn[nH]1)NC1CCCCC1. The van der Waals surface area contributed by atoms with E-state index >= 15 is 0 Å². The summed E-state index contributed by atoms with van der Waals surface area (Å²) in [7, 11) is 0. The van der Waals surface area contributed by atoms with Crippen LogP contribution in [0.25, 0.3) is 11.4 Å². The molecule has 7 nitrogen and oxygen atoms in total. The van der Waals surface area contributed by atoms with E-state index < -0.39 is 0 Å². The maximum absolute atomic E-state index is 12.2. The molecule has 8 heteroatoms. The number of hydrogen-bond donors (Lipinski definition) is 3. The van der Waals surface area contributed by atoms with Gasteiger partial charge in [0, 0.05) is 16.1 Å². The van der Waals surface area contributed by atoms with E-state index in [-0.39, 0.29) is 12.1 Å². The highest BCUT2D eigenvalue weighted by molar-refractivity contribution is 9.10. The predicted molar refractivity (Wildman–Crippen MR) is 86.3 cm³/mol. The second-order valence-corrected chi connectivity index (χ2v) is 6.29. The van der Waals surface area contributed by atoms with Gasteiger partial charge in [0.1, 0.15) is 0 Å². The molecule has 1 fully saturated rings. The number of aromatic nitrogens is 4. The Morgan fingerprint density at radius 2 is 2.09 bits per heavy atom. The Bertz CT molecular complexity index is 639. The van der Waals surface area contributed by atoms with Crippen LogP contribution in [0.5, 0.6) is 0 Å². The average molecular weight is 365 g/mol. The molecule has 0 spiro atoms. The number of urea groups is 1. The van der Waals surface area contributed by atoms with Gasteiger partial charge < -0.3 is 10.6 Å². The summed E-state index contributed by atoms with van der Waals surface area (Å²) in [4.78, 5) is 12.2. The number of benzene rings is 1. The lowest BCUT2D eigenvalue weighted by atomic mass is 9.96. The van der Waals surface area contributed by atoms with Gasteiger partial charge in [0.2, 0.25) is 0 Å². The topological polar surface area (TPSA) is 95.6 Å². The summed E-state index contributed by atoms with van der Waals surface area (Å²) >= 11 is 3.42. The summed E-state index contributed by atoms with van der Waals surface area (Å²) in [6, 6.07) is 5.62. The van der Waals surface area contributed by atoms with Gasteiger partial charge in [-0.1, -0.05) is 35.2 Å². The lowest BCUT2D eigenvalue weighted by molar-refractivity contribution is 0.244. The molecule has 3 rings (SSSR count). The number of nitrogens with zero attached hydrogens (tertiary/aromatic N) is 3. The number of halogens is 1. The molecular formula is C14H17BrN6O. The average Bonchev–Trinajstić information content (AvgIpc) is 3.04. The van der Waals surface area contributed by atoms with Crippen LogP contribution in [0.2, 0.25) is 0 Å². The van der Waals surface area contributed by atoms with Crippen molar-refractivity contribution in [3.05, 3.63) is 22.7 Å². The van der Waals surface area contributed by atoms with Crippen molar-refractivity contribution in [1.82, 2.24) is 25.9 Å². The van der Waals surface area contributed by atoms with Crippen LogP contribution in [0.1, 0.15) is 32.1 Å². The van der Waals surface area contributed by atoms with Crippen molar-refractivity contribution < 1.29 is 4.79 Å². The molecule has 0 aliphatic heterocycles. The first-order valence-corrected chi connectivity index (χ1v) is 8.13. The number of anilines is 1. The Morgan fingerprint density at radius 1 is 1.27 bits per heavy atom. The Morgan fingerprint density at radius 3 is 2.82 bits per heavy atom. The van der Waals surface area contributed by atoms with Gasteiger partial charge >= 0.3 is 6.03 Å². The van der Waals surface area contributed by atoms with Gasteiger partial charge in [0.25, 0.3) is 0 Å². The molecule has 2 amide bonds. The first-order valence-electron chi connectivity index (χ1n) is 7.33. The summed E-state index contributed by atoms with van der Waals surface area (Å²) in [5, 5.41) is 19.7. The molecule has 22 heavy (non-hydrogen) atoms. The molecule has 0 atom stereocenters. The van der Waals surface area contributed by atoms with Crippen LogP contribution in [0, 0.1) is 0 Å². The molecule has 2 aromatic rings. The highest BCUT2D eigenvalue weighted by Gasteiger charge is 2.17. The minimum absolute atomic E-state index is 0.192. The molecule has 0 unspecified atom stereocenters. The standard InChI is InChI=1S/C14H17BrN6O/c15-9-6-7-12(11(8-9)13-18-20-21-19-13)17-14(22)16-10-4-2-1-3-5-10/h6-8,10H,1-5H2,(H2,16,17,22)(H,18,19,20,21). The smallest absolute Gasteiger partial charge is 0.319 e. The molecular weight excluding hydrogens is 348 g/mol. The Kier molecular flexibility index (Phi) is 4.67. The fraction of sp³-hybridized carbons (Fsp3) is 0.429. The number of tetrazole rings is 1. The van der Waals surface area contributed by atoms with Crippen molar-refractivity contribution in [3.8, 4) is 11.4 Å². The third kappa shape index (κ3) is 3.62. The molecule has 1 heterocycles. The molecule has 1 aromatic heterocycles. The predicted octanol–water partition coefficient (Wildman–Crippen LogP) is 3.08. The summed E-state index contributed by atoms with van der Waals surface area (Å²) in [6.07, 6.45) is 5.71. The van der Waals surface area contributed by atoms with E-state index in [4.69, 9.17) is 0 Å². The van der Waals surface area contributed by atoms with E-state index in [0.717, 1.165) is 22.9 Å². The van der Waals surface area contributed by atoms with Gasteiger partial charge in [0.15, 0.2) is 5.82 Å². The van der Waals surface area contributed by atoms with Gasteiger partial charge in [-0.3, -0.25) is 0 Å². The maximum Gasteiger partial charge on any atom is 0.319 e. The molecule has 0 bridgehead atoms. The number of H-pyrrole nitrogens is 1. The van der Waals surface area contributed by atoms with E-state index in [1.807, 2.05) is 18.2 Å². The number of nitrogens with one attached hydrogen (secondary N) is 3. The van der Waals surface area contributed by atoms with Crippen molar-refractivity contribution in [2.75, 3.05) is 5.32 Å². The van der Waals surface area contributed by atoms with Crippen molar-refractivity contribution in [2.24, 2.45) is 0 Å². The maximum atomic E-state index is 12.2. The lowest BCUT2D eigenvalue weighted by Crippen LogP contribution is -2.39. The Balaban J connectivity index is 1.73. The third-order valence-corrected chi connectivity index (χ3v) is 4.26. The highest BCUT2D eigenvalue weighted by atomic mass is 79.9. The lowest BCUT2D eigenvalue weighted by Gasteiger charge is -2.23. The molecule has 1 saturated carbocycles. The zero-order chi connectivity index (χ0) is 15.4. The van der Waals surface area contributed by atoms with Crippen molar-refractivity contribution >= 4 is 27.6 Å². The molecule has 0 radical (unpaired) electrons. The van der Waals surface area contributed by atoms with Crippen LogP contribution in [0.15, 0.2) is 22.7 Å². The Hall–Kier alpha value is -1.96. The minimum atomic E-state index is -0.192. The number of hydrogen-bond acceptors (Lipinski definition) is 4. The largest absolute Gasteiger partial charge is 0.335 e. The minimum Gasteiger partial charge on any atom is -0.335 e. The molecule has 0 saturated heterocycles. The van der Waals surface area contributed by atoms with E-state index in [0.29, 0.717) is 11.5 Å². The Labute approximate surface area is 136 Å². The number of aromatic amines is 1. The zero-order valence-corrected chi connectivity index (χ0v) is 13.6. The summed E-state index contributed by atoms with van der Waals surface area (Å²) in [5.41, 5.74) is 1.40. The molecule has 1 aliphatic carbocycles. The number of carbonyl (C=O) groups is 1. The molecule has 116 valence electrons. The van der Waals surface area contributed by atoms with Crippen molar-refractivity contribution in [2.45, 2.75) is 38.1 Å². The molecule has 3 N–H and O–H groups in total. The highest BCUT2D eigenvalue weighted by Crippen LogP contribution is 2.28. The second kappa shape index (κ2) is 6.87. The fourth-order valence-electron chi connectivity index (χ4n) is 2.69. The zero-order valence-electron chi connectivity index (χ0n) is 12.0. The fourth-order valence-corrected chi connectivity index (χ4v) is 3.05. The first kappa shape index (κ1) is 15.0. The third-order valence-electron chi connectivity index (χ3n) is 3.77. The van der Waals surface area contributed by atoms with E-state index in [1.54, 1.807) is 0 Å². The van der Waals surface area contributed by atoms with Crippen molar-refractivity contribution in [1.29, 1.82) is 0 Å². The summed E-state index contributed by atoms with van der Waals surface area (Å²) in [5.74, 6) is 0.509. The van der Waals surface area contributed by atoms with Crippen LogP contribution in [0.4, 0.5) is 10.5 Å². The summed E-state index contributed by atoms with van der Waals surface area (Å²) in [6.45, 7) is 0. The first-order chi connectivity index (χ1) is 10.7. The number of rotatable bonds is 3. The normalized spacial score (nSPS) is 15.5. The van der Waals surface area contributed by atoms with Crippen LogP contribution >= 0.6 is 15.9 Å². The van der Waals surface area contributed by atoms with Gasteiger partial charge in [0.05, 0.1) is 5.69 Å². The van der Waals surface area contributed by atoms with Crippen LogP contribution in [0.3, 0.4) is 0 Å². The van der Waals surface area contributed by atoms with Gasteiger partial charge in [-0.05, 0) is 41.5 Å². The number of amides is 2. The second-order valence-electron chi connectivity index (χ2n) is 5.37. The van der Waals surface area contributed by atoms with E-state index in [1.165, 1.54) is 19.3 Å². The summed E-state index contributed by atoms with van der Waals surface area (Å²) < 4.78 is 0.886. The van der Waals surface area contributed by atoms with Crippen LogP contribution < -0.4 is 10.6 Å².